The van der Waals surface area contributed by atoms with Crippen molar-refractivity contribution in [2.75, 3.05) is 6.54 Å². The molecule has 0 aliphatic carbocycles. The third-order valence-electron chi connectivity index (χ3n) is 3.12. The summed E-state index contributed by atoms with van der Waals surface area (Å²) in [5.41, 5.74) is 1.43. The van der Waals surface area contributed by atoms with Crippen molar-refractivity contribution in [2.45, 2.75) is 31.2 Å². The summed E-state index contributed by atoms with van der Waals surface area (Å²) < 4.78 is 0. The number of pyridine rings is 1. The second kappa shape index (κ2) is 5.08. The maximum absolute atomic E-state index is 4.06. The van der Waals surface area contributed by atoms with Crippen LogP contribution in [0.15, 0.2) is 37.2 Å². The summed E-state index contributed by atoms with van der Waals surface area (Å²) in [6.07, 6.45) is 9.31. The summed E-state index contributed by atoms with van der Waals surface area (Å²) in [4.78, 5) is 4.06. The summed E-state index contributed by atoms with van der Waals surface area (Å²) in [5.74, 6) is 0.694. The summed E-state index contributed by atoms with van der Waals surface area (Å²) in [6.45, 7) is 4.92. The fourth-order valence-electron chi connectivity index (χ4n) is 2.33. The Kier molecular flexibility index (Phi) is 3.51. The second-order valence-electron chi connectivity index (χ2n) is 4.18. The molecule has 2 heterocycles. The first-order valence-corrected chi connectivity index (χ1v) is 5.64. The van der Waals surface area contributed by atoms with Gasteiger partial charge in [0.05, 0.1) is 0 Å². The van der Waals surface area contributed by atoms with E-state index in [1.807, 2.05) is 18.5 Å². The molecule has 1 aliphatic heterocycles. The van der Waals surface area contributed by atoms with Crippen molar-refractivity contribution in [1.29, 1.82) is 0 Å². The van der Waals surface area contributed by atoms with Crippen molar-refractivity contribution >= 4 is 0 Å². The number of hydrogen-bond acceptors (Lipinski definition) is 2. The van der Waals surface area contributed by atoms with Gasteiger partial charge in [-0.25, -0.2) is 0 Å². The molecule has 1 N–H and O–H groups in total. The number of nitrogens with zero attached hydrogens (tertiary/aromatic N) is 1. The molecule has 1 aliphatic rings. The summed E-state index contributed by atoms with van der Waals surface area (Å²) in [6, 6.07) is 4.89. The third kappa shape index (κ3) is 2.66. The lowest BCUT2D eigenvalue weighted by Gasteiger charge is -2.30. The number of rotatable bonds is 3. The van der Waals surface area contributed by atoms with E-state index < -0.39 is 0 Å². The summed E-state index contributed by atoms with van der Waals surface area (Å²) >= 11 is 0. The molecule has 0 bridgehead atoms. The highest BCUT2D eigenvalue weighted by Crippen LogP contribution is 2.28. The predicted molar refractivity (Wildman–Crippen MR) is 62.8 cm³/mol. The topological polar surface area (TPSA) is 24.9 Å². The van der Waals surface area contributed by atoms with Crippen LogP contribution in [0.2, 0.25) is 0 Å². The Labute approximate surface area is 91.4 Å². The molecular weight excluding hydrogens is 184 g/mol. The highest BCUT2D eigenvalue weighted by Gasteiger charge is 2.21. The van der Waals surface area contributed by atoms with E-state index in [4.69, 9.17) is 0 Å². The van der Waals surface area contributed by atoms with E-state index in [9.17, 15) is 0 Å². The van der Waals surface area contributed by atoms with Crippen LogP contribution in [0.1, 0.15) is 30.7 Å². The average molecular weight is 202 g/mol. The van der Waals surface area contributed by atoms with E-state index >= 15 is 0 Å². The zero-order valence-electron chi connectivity index (χ0n) is 9.02. The van der Waals surface area contributed by atoms with Gasteiger partial charge >= 0.3 is 0 Å². The Morgan fingerprint density at radius 3 is 3.00 bits per heavy atom. The largest absolute Gasteiger partial charge is 0.314 e. The molecule has 2 nitrogen and oxygen atoms in total. The van der Waals surface area contributed by atoms with Crippen molar-refractivity contribution in [2.24, 2.45) is 0 Å². The van der Waals surface area contributed by atoms with Crippen LogP contribution in [0.4, 0.5) is 0 Å². The number of aromatic nitrogens is 1. The zero-order chi connectivity index (χ0) is 10.5. The Hall–Kier alpha value is -1.15. The predicted octanol–water partition coefficient (Wildman–Crippen LogP) is 2.49. The molecule has 0 aromatic carbocycles. The van der Waals surface area contributed by atoms with E-state index in [1.54, 1.807) is 0 Å². The number of piperidine rings is 1. The van der Waals surface area contributed by atoms with Crippen LogP contribution in [-0.2, 0) is 0 Å². The minimum absolute atomic E-state index is 0.606. The van der Waals surface area contributed by atoms with Gasteiger partial charge in [-0.2, -0.15) is 0 Å². The van der Waals surface area contributed by atoms with Crippen molar-refractivity contribution < 1.29 is 0 Å². The van der Waals surface area contributed by atoms with Gasteiger partial charge in [0.15, 0.2) is 0 Å². The molecule has 1 aromatic heterocycles. The van der Waals surface area contributed by atoms with Gasteiger partial charge in [0, 0.05) is 18.4 Å². The maximum atomic E-state index is 4.06. The van der Waals surface area contributed by atoms with Crippen molar-refractivity contribution in [3.8, 4) is 0 Å². The van der Waals surface area contributed by atoms with Crippen LogP contribution >= 0.6 is 0 Å². The van der Waals surface area contributed by atoms with Crippen LogP contribution in [-0.4, -0.2) is 17.6 Å². The molecular formula is C13H18N2. The Morgan fingerprint density at radius 1 is 1.47 bits per heavy atom. The smallest absolute Gasteiger partial charge is 0.0270 e. The Morgan fingerprint density at radius 2 is 2.27 bits per heavy atom. The first kappa shape index (κ1) is 10.4. The summed E-state index contributed by atoms with van der Waals surface area (Å²) in [7, 11) is 0. The molecule has 0 radical (unpaired) electrons. The van der Waals surface area contributed by atoms with Crippen LogP contribution in [0.3, 0.4) is 0 Å². The van der Waals surface area contributed by atoms with Gasteiger partial charge in [0.1, 0.15) is 0 Å². The molecule has 0 unspecified atom stereocenters. The van der Waals surface area contributed by atoms with Gasteiger partial charge in [-0.3, -0.25) is 4.98 Å². The van der Waals surface area contributed by atoms with Crippen molar-refractivity contribution in [1.82, 2.24) is 10.3 Å². The monoisotopic (exact) mass is 202 g/mol. The van der Waals surface area contributed by atoms with Gasteiger partial charge in [-0.15, -0.1) is 6.58 Å². The maximum Gasteiger partial charge on any atom is 0.0270 e. The van der Waals surface area contributed by atoms with Crippen molar-refractivity contribution in [3.05, 3.63) is 42.7 Å². The van der Waals surface area contributed by atoms with E-state index in [0.29, 0.717) is 12.0 Å². The highest BCUT2D eigenvalue weighted by molar-refractivity contribution is 5.17. The van der Waals surface area contributed by atoms with Gasteiger partial charge < -0.3 is 5.32 Å². The molecule has 80 valence electrons. The van der Waals surface area contributed by atoms with Crippen LogP contribution in [0, 0.1) is 0 Å². The minimum Gasteiger partial charge on any atom is -0.314 e. The summed E-state index contributed by atoms with van der Waals surface area (Å²) in [5, 5.41) is 3.53. The second-order valence-corrected chi connectivity index (χ2v) is 4.18. The quantitative estimate of drug-likeness (QED) is 0.762. The van der Waals surface area contributed by atoms with Crippen molar-refractivity contribution in [3.63, 3.8) is 0 Å². The first-order valence-electron chi connectivity index (χ1n) is 5.64. The first-order chi connectivity index (χ1) is 7.40. The fourth-order valence-corrected chi connectivity index (χ4v) is 2.33. The van der Waals surface area contributed by atoms with E-state index in [2.05, 4.69) is 29.0 Å². The Balaban J connectivity index is 2.01. The van der Waals surface area contributed by atoms with Crippen LogP contribution in [0.25, 0.3) is 0 Å². The molecule has 2 rings (SSSR count). The van der Waals surface area contributed by atoms with Gasteiger partial charge in [-0.05, 0) is 49.4 Å². The molecule has 15 heavy (non-hydrogen) atoms. The fraction of sp³-hybridized carbons (Fsp3) is 0.462. The minimum atomic E-state index is 0.606. The van der Waals surface area contributed by atoms with E-state index in [1.165, 1.54) is 18.4 Å². The molecule has 2 heteroatoms. The number of hydrogen-bond donors (Lipinski definition) is 1. The lowest BCUT2D eigenvalue weighted by molar-refractivity contribution is 0.364. The van der Waals surface area contributed by atoms with Crippen LogP contribution < -0.4 is 5.32 Å². The van der Waals surface area contributed by atoms with Crippen LogP contribution in [0.5, 0.6) is 0 Å². The lowest BCUT2D eigenvalue weighted by Crippen LogP contribution is -2.36. The van der Waals surface area contributed by atoms with Gasteiger partial charge in [0.2, 0.25) is 0 Å². The van der Waals surface area contributed by atoms with E-state index in [-0.39, 0.29) is 0 Å². The van der Waals surface area contributed by atoms with E-state index in [0.717, 1.165) is 13.0 Å². The molecule has 1 aromatic rings. The average Bonchev–Trinajstić information content (AvgIpc) is 2.31. The normalized spacial score (nSPS) is 26.1. The Bertz CT molecular complexity index is 308. The zero-order valence-corrected chi connectivity index (χ0v) is 9.02. The number of nitrogens with one attached hydrogen (secondary N) is 1. The molecule has 2 atom stereocenters. The highest BCUT2D eigenvalue weighted by atomic mass is 14.9. The molecule has 0 saturated carbocycles. The van der Waals surface area contributed by atoms with Gasteiger partial charge in [-0.1, -0.05) is 6.08 Å². The molecule has 1 saturated heterocycles. The standard InChI is InChI=1S/C13H18N2/c1-2-3-13-10-12(6-9-15-13)11-4-7-14-8-5-11/h2,4-5,7-8,12-13,15H,1,3,6,9-10H2/t12-,13+/m1/s1. The SMILES string of the molecule is C=CC[C@H]1C[C@H](c2ccncc2)CCN1. The third-order valence-corrected chi connectivity index (χ3v) is 3.12. The van der Waals surface area contributed by atoms with Gasteiger partial charge in [0.25, 0.3) is 0 Å². The molecule has 0 amide bonds. The molecule has 1 fully saturated rings. The lowest BCUT2D eigenvalue weighted by atomic mass is 9.86. The molecule has 0 spiro atoms.